The molecule has 4 rings (SSSR count). The van der Waals surface area contributed by atoms with Gasteiger partial charge in [-0.3, -0.25) is 25.1 Å². The van der Waals surface area contributed by atoms with Gasteiger partial charge in [0.25, 0.3) is 17.5 Å². The van der Waals surface area contributed by atoms with Gasteiger partial charge in [0, 0.05) is 35.0 Å². The largest absolute Gasteiger partial charge is 0.497 e. The topological polar surface area (TPSA) is 123 Å². The van der Waals surface area contributed by atoms with E-state index in [0.29, 0.717) is 28.3 Å². The van der Waals surface area contributed by atoms with Crippen LogP contribution in [0.5, 0.6) is 11.5 Å². The second-order valence-electron chi connectivity index (χ2n) is 7.12. The molecule has 0 unspecified atom stereocenters. The minimum Gasteiger partial charge on any atom is -0.497 e. The molecule has 0 saturated heterocycles. The van der Waals surface area contributed by atoms with Crippen LogP contribution in [-0.2, 0) is 0 Å². The van der Waals surface area contributed by atoms with Crippen molar-refractivity contribution >= 4 is 23.2 Å². The third-order valence-corrected chi connectivity index (χ3v) is 5.22. The van der Waals surface area contributed by atoms with Crippen molar-refractivity contribution in [3.8, 4) is 11.5 Å². The van der Waals surface area contributed by atoms with Gasteiger partial charge in [0.05, 0.1) is 24.7 Å². The Hall–Kier alpha value is -4.60. The lowest BCUT2D eigenvalue weighted by Crippen LogP contribution is -2.52. The number of benzene rings is 3. The fourth-order valence-corrected chi connectivity index (χ4v) is 3.54. The van der Waals surface area contributed by atoms with Gasteiger partial charge in [0.15, 0.2) is 6.17 Å². The highest BCUT2D eigenvalue weighted by molar-refractivity contribution is 6.04. The highest BCUT2D eigenvalue weighted by Crippen LogP contribution is 2.37. The summed E-state index contributed by atoms with van der Waals surface area (Å²) in [7, 11) is 3.03. The number of para-hydroxylation sites is 1. The molecule has 1 aliphatic rings. The van der Waals surface area contributed by atoms with E-state index >= 15 is 0 Å². The first-order valence-electron chi connectivity index (χ1n) is 9.89. The maximum absolute atomic E-state index is 13.3. The number of hydrazine groups is 1. The number of fused-ring (bicyclic) bond motifs is 1. The summed E-state index contributed by atoms with van der Waals surface area (Å²) < 4.78 is 10.8. The number of carbonyl (C=O) groups excluding carboxylic acids is 2. The van der Waals surface area contributed by atoms with Crippen molar-refractivity contribution in [3.63, 3.8) is 0 Å². The number of ether oxygens (including phenoxy) is 2. The number of anilines is 1. The van der Waals surface area contributed by atoms with Crippen molar-refractivity contribution in [1.29, 1.82) is 0 Å². The average Bonchev–Trinajstić information content (AvgIpc) is 2.85. The van der Waals surface area contributed by atoms with Gasteiger partial charge in [-0.15, -0.1) is 0 Å². The maximum atomic E-state index is 13.3. The normalized spacial score (nSPS) is 14.7. The zero-order valence-electron chi connectivity index (χ0n) is 17.8. The Balaban J connectivity index is 1.72. The van der Waals surface area contributed by atoms with E-state index in [9.17, 15) is 19.7 Å². The molecule has 3 aromatic carbocycles. The van der Waals surface area contributed by atoms with E-state index in [1.54, 1.807) is 42.5 Å². The first-order chi connectivity index (χ1) is 15.9. The lowest BCUT2D eigenvalue weighted by molar-refractivity contribution is -0.384. The molecule has 0 radical (unpaired) electrons. The van der Waals surface area contributed by atoms with Crippen LogP contribution in [-0.4, -0.2) is 36.0 Å². The molecule has 0 saturated carbocycles. The quantitative estimate of drug-likeness (QED) is 0.437. The minimum atomic E-state index is -0.796. The fraction of sp³-hybridized carbons (Fsp3) is 0.130. The molecular formula is C23H20N4O6. The van der Waals surface area contributed by atoms with Crippen LogP contribution < -0.4 is 20.2 Å². The van der Waals surface area contributed by atoms with Crippen LogP contribution in [0.2, 0.25) is 0 Å². The number of hydrogen-bond acceptors (Lipinski definition) is 7. The Morgan fingerprint density at radius 3 is 2.45 bits per heavy atom. The monoisotopic (exact) mass is 448 g/mol. The predicted molar refractivity (Wildman–Crippen MR) is 119 cm³/mol. The molecule has 168 valence electrons. The molecule has 1 aliphatic heterocycles. The van der Waals surface area contributed by atoms with Crippen LogP contribution in [0.4, 0.5) is 11.4 Å². The number of nitrogens with zero attached hydrogens (tertiary/aromatic N) is 2. The third-order valence-electron chi connectivity index (χ3n) is 5.22. The Labute approximate surface area is 188 Å². The Morgan fingerprint density at radius 1 is 1.06 bits per heavy atom. The third kappa shape index (κ3) is 4.13. The van der Waals surface area contributed by atoms with Gasteiger partial charge < -0.3 is 14.8 Å². The molecule has 0 aliphatic carbocycles. The van der Waals surface area contributed by atoms with Gasteiger partial charge in [-0.2, -0.15) is 0 Å². The number of carbonyl (C=O) groups is 2. The molecule has 0 aromatic heterocycles. The van der Waals surface area contributed by atoms with Crippen molar-refractivity contribution in [2.24, 2.45) is 0 Å². The van der Waals surface area contributed by atoms with Gasteiger partial charge in [0.1, 0.15) is 11.5 Å². The van der Waals surface area contributed by atoms with E-state index in [1.807, 2.05) is 0 Å². The maximum Gasteiger partial charge on any atom is 0.276 e. The molecule has 10 heteroatoms. The van der Waals surface area contributed by atoms with Gasteiger partial charge in [-0.1, -0.05) is 12.1 Å². The minimum absolute atomic E-state index is 0.142. The number of nitrogens with one attached hydrogen (secondary N) is 2. The number of rotatable bonds is 6. The summed E-state index contributed by atoms with van der Waals surface area (Å²) in [5.41, 5.74) is 4.22. The van der Waals surface area contributed by atoms with Gasteiger partial charge in [-0.05, 0) is 36.4 Å². The van der Waals surface area contributed by atoms with Crippen LogP contribution in [0.15, 0.2) is 66.7 Å². The molecule has 10 nitrogen and oxygen atoms in total. The Morgan fingerprint density at radius 2 is 1.79 bits per heavy atom. The van der Waals surface area contributed by atoms with E-state index in [4.69, 9.17) is 9.47 Å². The molecule has 0 spiro atoms. The molecule has 1 atom stereocenters. The van der Waals surface area contributed by atoms with Crippen LogP contribution in [0.25, 0.3) is 0 Å². The van der Waals surface area contributed by atoms with Crippen molar-refractivity contribution in [2.75, 3.05) is 19.5 Å². The van der Waals surface area contributed by atoms with Crippen LogP contribution in [0.1, 0.15) is 32.4 Å². The van der Waals surface area contributed by atoms with Gasteiger partial charge in [-0.25, -0.2) is 5.01 Å². The smallest absolute Gasteiger partial charge is 0.276 e. The number of nitro benzene ring substituents is 1. The summed E-state index contributed by atoms with van der Waals surface area (Å²) in [6.45, 7) is 0. The lowest BCUT2D eigenvalue weighted by Gasteiger charge is -2.38. The molecule has 2 amide bonds. The zero-order chi connectivity index (χ0) is 23.5. The van der Waals surface area contributed by atoms with Crippen molar-refractivity contribution < 1.29 is 24.0 Å². The van der Waals surface area contributed by atoms with E-state index < -0.39 is 22.9 Å². The second kappa shape index (κ2) is 8.87. The number of hydrogen-bond donors (Lipinski definition) is 2. The van der Waals surface area contributed by atoms with Gasteiger partial charge in [0.2, 0.25) is 0 Å². The standard InChI is InChI=1S/C23H20N4O6/c1-32-16-11-12-18(20(13-16)33-2)21-24-19-6-4-3-5-17(19)23(29)26(21)25-22(28)14-7-9-15(10-8-14)27(30)31/h3-13,21,24H,1-2H3,(H,25,28)/t21-/m1/s1. The first kappa shape index (κ1) is 21.6. The van der Waals surface area contributed by atoms with E-state index in [1.165, 1.54) is 43.5 Å². The van der Waals surface area contributed by atoms with E-state index in [-0.39, 0.29) is 11.3 Å². The van der Waals surface area contributed by atoms with Crippen LogP contribution in [0, 0.1) is 10.1 Å². The summed E-state index contributed by atoms with van der Waals surface area (Å²) in [6, 6.07) is 17.2. The van der Waals surface area contributed by atoms with Crippen molar-refractivity contribution in [2.45, 2.75) is 6.17 Å². The molecule has 1 heterocycles. The second-order valence-corrected chi connectivity index (χ2v) is 7.12. The predicted octanol–water partition coefficient (Wildman–Crippen LogP) is 3.52. The molecule has 33 heavy (non-hydrogen) atoms. The summed E-state index contributed by atoms with van der Waals surface area (Å²) in [4.78, 5) is 36.6. The average molecular weight is 448 g/mol. The molecule has 0 bridgehead atoms. The summed E-state index contributed by atoms with van der Waals surface area (Å²) in [5, 5.41) is 15.3. The van der Waals surface area contributed by atoms with Crippen LogP contribution >= 0.6 is 0 Å². The van der Waals surface area contributed by atoms with Gasteiger partial charge >= 0.3 is 0 Å². The number of nitro groups is 1. The molecule has 2 N–H and O–H groups in total. The van der Waals surface area contributed by atoms with Crippen molar-refractivity contribution in [3.05, 3.63) is 93.5 Å². The molecule has 0 fully saturated rings. The molecule has 3 aromatic rings. The van der Waals surface area contributed by atoms with E-state index in [2.05, 4.69) is 10.7 Å². The first-order valence-corrected chi connectivity index (χ1v) is 9.89. The Bertz CT molecular complexity index is 1230. The van der Waals surface area contributed by atoms with E-state index in [0.717, 1.165) is 0 Å². The fourth-order valence-electron chi connectivity index (χ4n) is 3.54. The number of non-ortho nitro benzene ring substituents is 1. The summed E-state index contributed by atoms with van der Waals surface area (Å²) in [5.74, 6) is -0.00684. The summed E-state index contributed by atoms with van der Waals surface area (Å²) >= 11 is 0. The zero-order valence-corrected chi connectivity index (χ0v) is 17.8. The lowest BCUT2D eigenvalue weighted by atomic mass is 10.0. The Kier molecular flexibility index (Phi) is 5.81. The molecular weight excluding hydrogens is 428 g/mol. The SMILES string of the molecule is COc1ccc([C@@H]2Nc3ccccc3C(=O)N2NC(=O)c2ccc([N+](=O)[O-])cc2)c(OC)c1. The van der Waals surface area contributed by atoms with Crippen LogP contribution in [0.3, 0.4) is 0 Å². The number of methoxy groups -OCH3 is 2. The highest BCUT2D eigenvalue weighted by atomic mass is 16.6. The van der Waals surface area contributed by atoms with Crippen molar-refractivity contribution in [1.82, 2.24) is 10.4 Å². The highest BCUT2D eigenvalue weighted by Gasteiger charge is 2.36. The summed E-state index contributed by atoms with van der Waals surface area (Å²) in [6.07, 6.45) is -0.796. The number of amides is 2.